The van der Waals surface area contributed by atoms with Gasteiger partial charge in [-0.05, 0) is 17.7 Å². The molecule has 1 atom stereocenters. The van der Waals surface area contributed by atoms with Crippen molar-refractivity contribution in [2.24, 2.45) is 0 Å². The molecular formula is C19H18N4OS. The fourth-order valence-electron chi connectivity index (χ4n) is 2.94. The monoisotopic (exact) mass is 350 g/mol. The molecule has 0 spiro atoms. The van der Waals surface area contributed by atoms with Gasteiger partial charge < -0.3 is 9.88 Å². The van der Waals surface area contributed by atoms with E-state index in [1.807, 2.05) is 53.6 Å². The molecular weight excluding hydrogens is 332 g/mol. The number of nitrogens with one attached hydrogen (secondary N) is 1. The van der Waals surface area contributed by atoms with Gasteiger partial charge in [-0.1, -0.05) is 30.3 Å². The minimum atomic E-state index is -0.0422. The number of hydrogen-bond donors (Lipinski definition) is 1. The van der Waals surface area contributed by atoms with Crippen LogP contribution in [0.5, 0.6) is 0 Å². The Hall–Kier alpha value is -2.60. The van der Waals surface area contributed by atoms with Crippen molar-refractivity contribution in [3.63, 3.8) is 0 Å². The molecule has 1 aliphatic heterocycles. The molecule has 0 bridgehead atoms. The quantitative estimate of drug-likeness (QED) is 0.780. The van der Waals surface area contributed by atoms with Gasteiger partial charge in [0, 0.05) is 36.7 Å². The van der Waals surface area contributed by atoms with Crippen LogP contribution in [-0.2, 0) is 11.3 Å². The van der Waals surface area contributed by atoms with Crippen molar-refractivity contribution >= 4 is 17.7 Å². The number of thioether (sulfide) groups is 1. The normalized spacial score (nSPS) is 17.7. The number of imidazole rings is 1. The number of carbonyl (C=O) groups is 1. The van der Waals surface area contributed by atoms with Crippen LogP contribution in [0.25, 0.3) is 11.4 Å². The Kier molecular flexibility index (Phi) is 4.52. The maximum Gasteiger partial charge on any atom is 0.224 e. The van der Waals surface area contributed by atoms with Gasteiger partial charge in [-0.2, -0.15) is 0 Å². The third kappa shape index (κ3) is 3.44. The van der Waals surface area contributed by atoms with Crippen LogP contribution in [0.15, 0.2) is 61.1 Å². The zero-order valence-electron chi connectivity index (χ0n) is 13.6. The van der Waals surface area contributed by atoms with Crippen LogP contribution in [-0.4, -0.2) is 31.5 Å². The maximum atomic E-state index is 12.5. The molecule has 126 valence electrons. The summed E-state index contributed by atoms with van der Waals surface area (Å²) < 4.78 is 0. The topological polar surface area (TPSA) is 61.9 Å². The first kappa shape index (κ1) is 15.9. The van der Waals surface area contributed by atoms with Crippen LogP contribution in [0.2, 0.25) is 0 Å². The summed E-state index contributed by atoms with van der Waals surface area (Å²) in [7, 11) is 0. The molecule has 3 aromatic rings. The zero-order valence-corrected chi connectivity index (χ0v) is 14.4. The summed E-state index contributed by atoms with van der Waals surface area (Å²) in [4.78, 5) is 26.4. The number of carbonyl (C=O) groups excluding carboxylic acids is 1. The Morgan fingerprint density at radius 2 is 1.96 bits per heavy atom. The largest absolute Gasteiger partial charge is 0.339 e. The van der Waals surface area contributed by atoms with Crippen LogP contribution in [0.3, 0.4) is 0 Å². The van der Waals surface area contributed by atoms with E-state index in [2.05, 4.69) is 15.0 Å². The Morgan fingerprint density at radius 3 is 2.76 bits per heavy atom. The second-order valence-corrected chi connectivity index (χ2v) is 7.09. The Bertz CT molecular complexity index is 850. The minimum absolute atomic E-state index is 0.0422. The molecule has 1 aromatic carbocycles. The molecule has 4 rings (SSSR count). The predicted octanol–water partition coefficient (Wildman–Crippen LogP) is 3.64. The smallest absolute Gasteiger partial charge is 0.224 e. The van der Waals surface area contributed by atoms with E-state index < -0.39 is 0 Å². The van der Waals surface area contributed by atoms with E-state index in [-0.39, 0.29) is 11.3 Å². The van der Waals surface area contributed by atoms with Crippen LogP contribution < -0.4 is 0 Å². The van der Waals surface area contributed by atoms with E-state index in [4.69, 9.17) is 0 Å². The third-order valence-corrected chi connectivity index (χ3v) is 5.47. The van der Waals surface area contributed by atoms with Gasteiger partial charge in [-0.3, -0.25) is 9.78 Å². The highest BCUT2D eigenvalue weighted by atomic mass is 32.2. The summed E-state index contributed by atoms with van der Waals surface area (Å²) in [5.41, 5.74) is 3.09. The van der Waals surface area contributed by atoms with Crippen molar-refractivity contribution in [1.29, 1.82) is 0 Å². The van der Waals surface area contributed by atoms with E-state index in [0.29, 0.717) is 13.0 Å². The molecule has 5 nitrogen and oxygen atoms in total. The third-order valence-electron chi connectivity index (χ3n) is 4.21. The number of rotatable bonds is 4. The van der Waals surface area contributed by atoms with Gasteiger partial charge in [0.25, 0.3) is 0 Å². The van der Waals surface area contributed by atoms with Crippen molar-refractivity contribution in [1.82, 2.24) is 19.9 Å². The van der Waals surface area contributed by atoms with Gasteiger partial charge in [0.15, 0.2) is 0 Å². The Balaban J connectivity index is 1.61. The van der Waals surface area contributed by atoms with E-state index in [0.717, 1.165) is 28.4 Å². The maximum absolute atomic E-state index is 12.5. The molecule has 1 fully saturated rings. The Labute approximate surface area is 150 Å². The molecule has 25 heavy (non-hydrogen) atoms. The molecule has 1 amide bonds. The molecule has 0 saturated carbocycles. The van der Waals surface area contributed by atoms with Gasteiger partial charge in [-0.25, -0.2) is 4.98 Å². The van der Waals surface area contributed by atoms with E-state index in [1.54, 1.807) is 24.2 Å². The average Bonchev–Trinajstić information content (AvgIpc) is 3.15. The molecule has 1 N–H and O–H groups in total. The minimum Gasteiger partial charge on any atom is -0.339 e. The van der Waals surface area contributed by atoms with Gasteiger partial charge in [0.05, 0.1) is 11.9 Å². The van der Waals surface area contributed by atoms with Crippen LogP contribution in [0, 0.1) is 0 Å². The number of pyridine rings is 1. The number of H-pyrrole nitrogens is 1. The predicted molar refractivity (Wildman–Crippen MR) is 98.6 cm³/mol. The molecule has 1 unspecified atom stereocenters. The lowest BCUT2D eigenvalue weighted by atomic mass is 10.2. The van der Waals surface area contributed by atoms with Gasteiger partial charge >= 0.3 is 0 Å². The standard InChI is InChI=1S/C19H18N4OS/c24-17-8-11-25-19(23(17)13-14-6-9-20-10-7-14)16-12-21-18(22-16)15-4-2-1-3-5-15/h1-7,9-10,12,19H,8,11,13H2,(H,21,22). The lowest BCUT2D eigenvalue weighted by molar-refractivity contribution is -0.132. The number of nitrogens with zero attached hydrogens (tertiary/aromatic N) is 3. The van der Waals surface area contributed by atoms with Gasteiger partial charge in [0.2, 0.25) is 5.91 Å². The number of aromatic nitrogens is 3. The lowest BCUT2D eigenvalue weighted by Crippen LogP contribution is -2.36. The Morgan fingerprint density at radius 1 is 1.16 bits per heavy atom. The summed E-state index contributed by atoms with van der Waals surface area (Å²) in [6.07, 6.45) is 5.94. The molecule has 0 radical (unpaired) electrons. The lowest BCUT2D eigenvalue weighted by Gasteiger charge is -2.34. The van der Waals surface area contributed by atoms with Crippen molar-refractivity contribution in [2.45, 2.75) is 18.3 Å². The molecule has 6 heteroatoms. The summed E-state index contributed by atoms with van der Waals surface area (Å²) in [6, 6.07) is 13.9. The second-order valence-electron chi connectivity index (χ2n) is 5.90. The van der Waals surface area contributed by atoms with Crippen molar-refractivity contribution in [3.05, 3.63) is 72.3 Å². The fourth-order valence-corrected chi connectivity index (χ4v) is 4.13. The molecule has 1 aliphatic rings. The molecule has 3 heterocycles. The first-order valence-electron chi connectivity index (χ1n) is 8.21. The zero-order chi connectivity index (χ0) is 17.1. The summed E-state index contributed by atoms with van der Waals surface area (Å²) >= 11 is 1.77. The van der Waals surface area contributed by atoms with Crippen molar-refractivity contribution in [3.8, 4) is 11.4 Å². The van der Waals surface area contributed by atoms with Crippen LogP contribution in [0.1, 0.15) is 23.1 Å². The number of hydrogen-bond acceptors (Lipinski definition) is 4. The highest BCUT2D eigenvalue weighted by Gasteiger charge is 2.31. The van der Waals surface area contributed by atoms with Crippen LogP contribution >= 0.6 is 11.8 Å². The summed E-state index contributed by atoms with van der Waals surface area (Å²) in [5.74, 6) is 1.84. The second kappa shape index (κ2) is 7.11. The molecule has 1 saturated heterocycles. The van der Waals surface area contributed by atoms with Crippen molar-refractivity contribution < 1.29 is 4.79 Å². The van der Waals surface area contributed by atoms with Crippen molar-refractivity contribution in [2.75, 3.05) is 5.75 Å². The molecule has 0 aliphatic carbocycles. The number of benzene rings is 1. The van der Waals surface area contributed by atoms with E-state index in [9.17, 15) is 4.79 Å². The average molecular weight is 350 g/mol. The van der Waals surface area contributed by atoms with Gasteiger partial charge in [0.1, 0.15) is 11.2 Å². The summed E-state index contributed by atoms with van der Waals surface area (Å²) in [6.45, 7) is 0.582. The highest BCUT2D eigenvalue weighted by Crippen LogP contribution is 2.38. The first-order chi connectivity index (χ1) is 12.3. The van der Waals surface area contributed by atoms with Gasteiger partial charge in [-0.15, -0.1) is 11.8 Å². The fraction of sp³-hybridized carbons (Fsp3) is 0.211. The number of aromatic amines is 1. The number of amides is 1. The summed E-state index contributed by atoms with van der Waals surface area (Å²) in [5, 5.41) is -0.0422. The first-order valence-corrected chi connectivity index (χ1v) is 9.26. The molecule has 2 aromatic heterocycles. The SMILES string of the molecule is O=C1CCSC(c2cnc(-c3ccccc3)[nH]2)N1Cc1ccncc1. The van der Waals surface area contributed by atoms with Crippen LogP contribution in [0.4, 0.5) is 0 Å². The van der Waals surface area contributed by atoms with E-state index in [1.165, 1.54) is 0 Å². The highest BCUT2D eigenvalue weighted by molar-refractivity contribution is 7.99. The van der Waals surface area contributed by atoms with E-state index >= 15 is 0 Å².